The largest absolute Gasteiger partial charge is 0.0864 e. The molecule has 0 bridgehead atoms. The van der Waals surface area contributed by atoms with E-state index < -0.39 is 0 Å². The summed E-state index contributed by atoms with van der Waals surface area (Å²) in [5.41, 5.74) is 0. The summed E-state index contributed by atoms with van der Waals surface area (Å²) in [5.74, 6) is 0.965. The van der Waals surface area contributed by atoms with Crippen LogP contribution in [0, 0.1) is 5.92 Å². The van der Waals surface area contributed by atoms with Gasteiger partial charge in [0.2, 0.25) is 0 Å². The molecule has 0 saturated carbocycles. The third kappa shape index (κ3) is 18.8. The Balaban J connectivity index is 3.02. The van der Waals surface area contributed by atoms with Gasteiger partial charge in [-0.2, -0.15) is 0 Å². The van der Waals surface area contributed by atoms with E-state index in [1.807, 2.05) is 0 Å². The maximum absolute atomic E-state index is 2.50. The quantitative estimate of drug-likeness (QED) is 0.118. The third-order valence-corrected chi connectivity index (χ3v) is 5.64. The van der Waals surface area contributed by atoms with Crippen LogP contribution >= 0.6 is 22.6 Å². The molecule has 0 aromatic rings. The highest BCUT2D eigenvalue weighted by Crippen LogP contribution is 2.17. The number of rotatable bonds is 18. The molecule has 22 heavy (non-hydrogen) atoms. The first kappa shape index (κ1) is 22.7. The highest BCUT2D eigenvalue weighted by atomic mass is 127. The van der Waals surface area contributed by atoms with Crippen molar-refractivity contribution in [3.8, 4) is 0 Å². The SMILES string of the molecule is CCCCCCCCCCCCCCCC[C@H](C)CCCI. The normalized spacial score (nSPS) is 12.7. The molecule has 0 aliphatic carbocycles. The van der Waals surface area contributed by atoms with Crippen LogP contribution in [0.4, 0.5) is 0 Å². The molecule has 0 aliphatic heterocycles. The van der Waals surface area contributed by atoms with Crippen molar-refractivity contribution in [3.05, 3.63) is 0 Å². The Morgan fingerprint density at radius 3 is 1.32 bits per heavy atom. The second kappa shape index (κ2) is 19.8. The Morgan fingerprint density at radius 1 is 0.545 bits per heavy atom. The van der Waals surface area contributed by atoms with Crippen molar-refractivity contribution in [1.29, 1.82) is 0 Å². The molecule has 1 heteroatoms. The fourth-order valence-corrected chi connectivity index (χ4v) is 3.70. The summed E-state index contributed by atoms with van der Waals surface area (Å²) in [6, 6.07) is 0. The van der Waals surface area contributed by atoms with Gasteiger partial charge in [0.05, 0.1) is 0 Å². The van der Waals surface area contributed by atoms with Crippen LogP contribution in [-0.4, -0.2) is 4.43 Å². The predicted octanol–water partition coefficient (Wildman–Crippen LogP) is 8.71. The summed E-state index contributed by atoms with van der Waals surface area (Å²) in [6.45, 7) is 4.74. The molecular weight excluding hydrogens is 379 g/mol. The van der Waals surface area contributed by atoms with Crippen LogP contribution in [0.15, 0.2) is 0 Å². The monoisotopic (exact) mass is 422 g/mol. The van der Waals surface area contributed by atoms with Gasteiger partial charge in [-0.25, -0.2) is 0 Å². The van der Waals surface area contributed by atoms with E-state index in [2.05, 4.69) is 36.4 Å². The average molecular weight is 422 g/mol. The van der Waals surface area contributed by atoms with Crippen LogP contribution in [0.5, 0.6) is 0 Å². The minimum Gasteiger partial charge on any atom is -0.0864 e. The molecular formula is C21H43I. The Kier molecular flexibility index (Phi) is 20.4. The fraction of sp³-hybridized carbons (Fsp3) is 1.00. The Labute approximate surface area is 155 Å². The van der Waals surface area contributed by atoms with Gasteiger partial charge in [-0.1, -0.05) is 133 Å². The van der Waals surface area contributed by atoms with Crippen molar-refractivity contribution < 1.29 is 0 Å². The van der Waals surface area contributed by atoms with Crippen LogP contribution in [-0.2, 0) is 0 Å². The minimum absolute atomic E-state index is 0.965. The number of alkyl halides is 1. The topological polar surface area (TPSA) is 0 Å². The van der Waals surface area contributed by atoms with E-state index in [4.69, 9.17) is 0 Å². The number of unbranched alkanes of at least 4 members (excludes halogenated alkanes) is 13. The molecule has 0 N–H and O–H groups in total. The van der Waals surface area contributed by atoms with E-state index in [0.29, 0.717) is 0 Å². The number of halogens is 1. The van der Waals surface area contributed by atoms with Gasteiger partial charge in [0, 0.05) is 0 Å². The molecule has 0 rings (SSSR count). The first-order valence-electron chi connectivity index (χ1n) is 10.4. The summed E-state index contributed by atoms with van der Waals surface area (Å²) >= 11 is 2.50. The van der Waals surface area contributed by atoms with Crippen molar-refractivity contribution in [2.24, 2.45) is 5.92 Å². The third-order valence-electron chi connectivity index (χ3n) is 4.88. The van der Waals surface area contributed by atoms with Gasteiger partial charge in [0.15, 0.2) is 0 Å². The second-order valence-corrected chi connectivity index (χ2v) is 8.40. The van der Waals surface area contributed by atoms with Crippen LogP contribution < -0.4 is 0 Å². The minimum atomic E-state index is 0.965. The second-order valence-electron chi connectivity index (χ2n) is 7.32. The Morgan fingerprint density at radius 2 is 0.909 bits per heavy atom. The highest BCUT2D eigenvalue weighted by molar-refractivity contribution is 14.1. The standard InChI is InChI=1S/C21H43I/c1-3-4-5-6-7-8-9-10-11-12-13-14-15-16-18-21(2)19-17-20-22/h21H,3-20H2,1-2H3/t21-/m0/s1. The van der Waals surface area contributed by atoms with Gasteiger partial charge in [0.25, 0.3) is 0 Å². The lowest BCUT2D eigenvalue weighted by atomic mass is 9.98. The molecule has 0 nitrogen and oxygen atoms in total. The summed E-state index contributed by atoms with van der Waals surface area (Å²) in [7, 11) is 0. The van der Waals surface area contributed by atoms with E-state index in [1.165, 1.54) is 114 Å². The molecule has 0 heterocycles. The van der Waals surface area contributed by atoms with E-state index in [9.17, 15) is 0 Å². The van der Waals surface area contributed by atoms with Crippen LogP contribution in [0.2, 0.25) is 0 Å². The van der Waals surface area contributed by atoms with E-state index in [0.717, 1.165) is 5.92 Å². The van der Waals surface area contributed by atoms with Crippen molar-refractivity contribution in [2.75, 3.05) is 4.43 Å². The van der Waals surface area contributed by atoms with Crippen molar-refractivity contribution in [3.63, 3.8) is 0 Å². The molecule has 0 spiro atoms. The molecule has 0 aromatic carbocycles. The molecule has 1 atom stereocenters. The van der Waals surface area contributed by atoms with E-state index >= 15 is 0 Å². The van der Waals surface area contributed by atoms with Gasteiger partial charge < -0.3 is 0 Å². The van der Waals surface area contributed by atoms with Crippen molar-refractivity contribution in [2.45, 2.75) is 123 Å². The maximum Gasteiger partial charge on any atom is -0.000463 e. The zero-order valence-electron chi connectivity index (χ0n) is 15.7. The zero-order chi connectivity index (χ0) is 16.3. The average Bonchev–Trinajstić information content (AvgIpc) is 2.53. The molecule has 134 valence electrons. The fourth-order valence-electron chi connectivity index (χ4n) is 3.26. The van der Waals surface area contributed by atoms with Gasteiger partial charge >= 0.3 is 0 Å². The number of hydrogen-bond donors (Lipinski definition) is 0. The zero-order valence-corrected chi connectivity index (χ0v) is 17.8. The van der Waals surface area contributed by atoms with Gasteiger partial charge in [-0.05, 0) is 23.2 Å². The number of hydrogen-bond acceptors (Lipinski definition) is 0. The molecule has 0 fully saturated rings. The Bertz CT molecular complexity index is 190. The lowest BCUT2D eigenvalue weighted by molar-refractivity contribution is 0.452. The highest BCUT2D eigenvalue weighted by Gasteiger charge is 2.01. The first-order chi connectivity index (χ1) is 10.8. The maximum atomic E-state index is 2.50. The van der Waals surface area contributed by atoms with E-state index in [1.54, 1.807) is 0 Å². The van der Waals surface area contributed by atoms with Crippen LogP contribution in [0.25, 0.3) is 0 Å². The summed E-state index contributed by atoms with van der Waals surface area (Å²) < 4.78 is 1.33. The smallest absolute Gasteiger partial charge is 0.000463 e. The Hall–Kier alpha value is 0.730. The van der Waals surface area contributed by atoms with Crippen LogP contribution in [0.1, 0.15) is 123 Å². The van der Waals surface area contributed by atoms with Gasteiger partial charge in [0.1, 0.15) is 0 Å². The van der Waals surface area contributed by atoms with E-state index in [-0.39, 0.29) is 0 Å². The lowest BCUT2D eigenvalue weighted by Crippen LogP contribution is -1.95. The molecule has 0 aliphatic rings. The predicted molar refractivity (Wildman–Crippen MR) is 112 cm³/mol. The van der Waals surface area contributed by atoms with Crippen molar-refractivity contribution >= 4 is 22.6 Å². The summed E-state index contributed by atoms with van der Waals surface area (Å²) in [6.07, 6.45) is 24.9. The molecule has 0 unspecified atom stereocenters. The molecule has 0 amide bonds. The van der Waals surface area contributed by atoms with Gasteiger partial charge in [-0.15, -0.1) is 0 Å². The lowest BCUT2D eigenvalue weighted by Gasteiger charge is -2.09. The van der Waals surface area contributed by atoms with Gasteiger partial charge in [-0.3, -0.25) is 0 Å². The summed E-state index contributed by atoms with van der Waals surface area (Å²) in [4.78, 5) is 0. The van der Waals surface area contributed by atoms with Crippen LogP contribution in [0.3, 0.4) is 0 Å². The summed E-state index contributed by atoms with van der Waals surface area (Å²) in [5, 5.41) is 0. The van der Waals surface area contributed by atoms with Crippen molar-refractivity contribution in [1.82, 2.24) is 0 Å². The first-order valence-corrected chi connectivity index (χ1v) is 11.9. The molecule has 0 aromatic heterocycles. The molecule has 0 saturated heterocycles. The molecule has 0 radical (unpaired) electrons.